The molecule has 0 aromatic carbocycles. The Morgan fingerprint density at radius 2 is 1.20 bits per heavy atom. The molecule has 5 heavy (non-hydrogen) atoms. The average Bonchev–Trinajstić information content (AvgIpc) is 0.722. The van der Waals surface area contributed by atoms with Crippen LogP contribution in [0.4, 0.5) is 0 Å². The molecule has 0 amide bonds. The van der Waals surface area contributed by atoms with Crippen LogP contribution < -0.4 is 0 Å². The Balaban J connectivity index is 3.02. The van der Waals surface area contributed by atoms with Gasteiger partial charge < -0.3 is 0 Å². The molecule has 0 N–H and O–H groups in total. The van der Waals surface area contributed by atoms with Crippen LogP contribution in [-0.4, -0.2) is 20.0 Å². The summed E-state index contributed by atoms with van der Waals surface area (Å²) in [5.74, 6) is 0. The fraction of sp³-hybridized carbons (Fsp3) is 1.00. The van der Waals surface area contributed by atoms with Crippen molar-refractivity contribution in [1.29, 1.82) is 0 Å². The van der Waals surface area contributed by atoms with Crippen molar-refractivity contribution in [2.24, 2.45) is 0 Å². The summed E-state index contributed by atoms with van der Waals surface area (Å²) in [5, 5.41) is 0. The molecule has 0 aromatic rings. The van der Waals surface area contributed by atoms with Gasteiger partial charge in [0.25, 0.3) is 0 Å². The quantitative estimate of drug-likeness (QED) is 0.260. The summed E-state index contributed by atoms with van der Waals surface area (Å²) in [6.45, 7) is 0. The number of halogens is 3. The van der Waals surface area contributed by atoms with Crippen LogP contribution in [0.1, 0.15) is 0 Å². The molecule has 0 fully saturated rings. The van der Waals surface area contributed by atoms with E-state index in [2.05, 4.69) is 67.8 Å². The molecule has 0 nitrogen and oxygen atoms in total. The van der Waals surface area contributed by atoms with E-state index in [0.717, 1.165) is 22.5 Å². The van der Waals surface area contributed by atoms with Crippen molar-refractivity contribution in [2.75, 3.05) is 0 Å². The van der Waals surface area contributed by atoms with Gasteiger partial charge >= 0.3 is 87.7 Å². The van der Waals surface area contributed by atoms with E-state index in [1.807, 2.05) is 0 Å². The first-order valence-corrected chi connectivity index (χ1v) is 7.16. The van der Waals surface area contributed by atoms with Crippen molar-refractivity contribution < 1.29 is 0 Å². The Labute approximate surface area is 85.7 Å². The predicted molar refractivity (Wildman–Crippen MR) is 54.7 cm³/mol. The van der Waals surface area contributed by atoms with Gasteiger partial charge in [-0.05, 0) is 0 Å². The Kier molecular flexibility index (Phi) is 4.96. The van der Waals surface area contributed by atoms with Gasteiger partial charge in [-0.1, -0.05) is 0 Å². The minimum absolute atomic E-state index is 0.620. The van der Waals surface area contributed by atoms with Gasteiger partial charge in [0.1, 0.15) is 0 Å². The van der Waals surface area contributed by atoms with Gasteiger partial charge in [-0.25, -0.2) is 0 Å². The summed E-state index contributed by atoms with van der Waals surface area (Å²) >= 11 is 8.15. The second-order valence-electron chi connectivity index (χ2n) is 0.781. The van der Waals surface area contributed by atoms with Crippen LogP contribution in [0.2, 0.25) is 0 Å². The first-order valence-electron chi connectivity index (χ1n) is 1.07. The number of rotatable bonds is 0. The zero-order valence-corrected chi connectivity index (χ0v) is 14.8. The number of hydrogen-bond donors (Lipinski definition) is 0. The Hall–Kier alpha value is 2.99. The van der Waals surface area contributed by atoms with Crippen molar-refractivity contribution in [1.82, 2.24) is 0 Å². The van der Waals surface area contributed by atoms with E-state index in [-0.39, 0.29) is 0 Å². The monoisotopic (exact) mass is 516 g/mol. The Morgan fingerprint density at radius 3 is 1.20 bits per heavy atom. The molecule has 0 spiro atoms. The molecule has 32 valence electrons. The van der Waals surface area contributed by atoms with E-state index < -0.39 is 0 Å². The topological polar surface area (TPSA) is 0 Å². The van der Waals surface area contributed by atoms with Crippen molar-refractivity contribution in [3.63, 3.8) is 0 Å². The van der Waals surface area contributed by atoms with Gasteiger partial charge in [-0.3, -0.25) is 0 Å². The maximum atomic E-state index is 2.44. The molecule has 0 atom stereocenters. The molecule has 0 saturated carbocycles. The minimum atomic E-state index is 0.620. The summed E-state index contributed by atoms with van der Waals surface area (Å²) in [6.07, 6.45) is 0. The number of alkyl halides is 3. The van der Waals surface area contributed by atoms with Gasteiger partial charge in [-0.15, -0.1) is 0 Å². The summed E-state index contributed by atoms with van der Waals surface area (Å²) in [6, 6.07) is 0. The maximum absolute atomic E-state index is 2.44. The van der Waals surface area contributed by atoms with Crippen molar-refractivity contribution >= 4 is 90.3 Å². The average molecular weight is 514 g/mol. The molecule has 0 saturated heterocycles. The molecule has 0 rings (SSSR count). The first kappa shape index (κ1) is 7.99. The molecule has 0 unspecified atom stereocenters. The normalized spacial score (nSPS) is 12.6. The van der Waals surface area contributed by atoms with E-state index in [9.17, 15) is 0 Å². The van der Waals surface area contributed by atoms with Crippen LogP contribution in [0.3, 0.4) is 0 Å². The second-order valence-corrected chi connectivity index (χ2v) is 35.2. The van der Waals surface area contributed by atoms with Crippen molar-refractivity contribution in [3.05, 3.63) is 0 Å². The summed E-state index contributed by atoms with van der Waals surface area (Å²) in [4.78, 5) is 0. The second kappa shape index (κ2) is 3.10. The first-order chi connectivity index (χ1) is 2.00. The van der Waals surface area contributed by atoms with Gasteiger partial charge in [0.2, 0.25) is 0 Å². The van der Waals surface area contributed by atoms with Crippen LogP contribution in [0.5, 0.6) is 0 Å². The van der Waals surface area contributed by atoms with Crippen LogP contribution in [0.25, 0.3) is 0 Å². The van der Waals surface area contributed by atoms with Crippen LogP contribution in [0.15, 0.2) is 0 Å². The molecule has 0 aromatic heterocycles. The molecule has 4 heteroatoms. The van der Waals surface area contributed by atoms with E-state index in [0.29, 0.717) is -2.55 Å². The van der Waals surface area contributed by atoms with E-state index in [1.165, 1.54) is 0 Å². The van der Waals surface area contributed by atoms with E-state index in [4.69, 9.17) is 0 Å². The zero-order chi connectivity index (χ0) is 4.50. The SMILES string of the molecule is [SnH3][C](I)(I)I. The van der Waals surface area contributed by atoms with Gasteiger partial charge in [-0.2, -0.15) is 0 Å². The standard InChI is InChI=1S/CI3.Sn.3H/c2-1(3)4;;;;. The molecular formula is CH3I3Sn. The van der Waals surface area contributed by atoms with Gasteiger partial charge in [0, 0.05) is 0 Å². The Bertz CT molecular complexity index is 22.4. The predicted octanol–water partition coefficient (Wildman–Crippen LogP) is 1.27. The zero-order valence-electron chi connectivity index (χ0n) is 2.63. The van der Waals surface area contributed by atoms with Crippen molar-refractivity contribution in [3.8, 4) is 0 Å². The third-order valence-corrected chi connectivity index (χ3v) is 0. The molecule has 0 aliphatic heterocycles. The third-order valence-electron chi connectivity index (χ3n) is 0. The summed E-state index contributed by atoms with van der Waals surface area (Å²) < 4.78 is 0.620. The third kappa shape index (κ3) is 19.5. The van der Waals surface area contributed by atoms with Crippen LogP contribution in [-0.2, 0) is 0 Å². The molecule has 0 heterocycles. The van der Waals surface area contributed by atoms with E-state index >= 15 is 0 Å². The summed E-state index contributed by atoms with van der Waals surface area (Å²) in [5.41, 5.74) is 0. The van der Waals surface area contributed by atoms with E-state index in [1.54, 1.807) is 0 Å². The fourth-order valence-electron chi connectivity index (χ4n) is 0. The fourth-order valence-corrected chi connectivity index (χ4v) is 0. The van der Waals surface area contributed by atoms with Gasteiger partial charge in [0.05, 0.1) is 0 Å². The van der Waals surface area contributed by atoms with Gasteiger partial charge in [0.15, 0.2) is 0 Å². The number of hydrogen-bond acceptors (Lipinski definition) is 0. The molecular weight excluding hydrogens is 511 g/mol. The van der Waals surface area contributed by atoms with Crippen LogP contribution in [0, 0.1) is 0 Å². The molecule has 0 radical (unpaired) electrons. The molecule has 0 bridgehead atoms. The molecule has 0 aliphatic rings. The van der Waals surface area contributed by atoms with Crippen molar-refractivity contribution in [2.45, 2.75) is -2.55 Å². The van der Waals surface area contributed by atoms with Crippen LogP contribution >= 0.6 is 67.8 Å². The summed E-state index contributed by atoms with van der Waals surface area (Å²) in [7, 11) is 0. The Morgan fingerprint density at radius 1 is 1.20 bits per heavy atom. The molecule has 0 aliphatic carbocycles.